The highest BCUT2D eigenvalue weighted by Crippen LogP contribution is 2.32. The van der Waals surface area contributed by atoms with Crippen LogP contribution >= 0.6 is 0 Å². The zero-order valence-electron chi connectivity index (χ0n) is 20.5. The fraction of sp³-hybridized carbons (Fsp3) is 0.522. The fourth-order valence-corrected chi connectivity index (χ4v) is 4.05. The Morgan fingerprint density at radius 1 is 1.00 bits per heavy atom. The van der Waals surface area contributed by atoms with Crippen molar-refractivity contribution < 1.29 is 33.3 Å². The number of ether oxygens (including phenoxy) is 4. The number of rotatable bonds is 9. The molecule has 0 radical (unpaired) electrons. The lowest BCUT2D eigenvalue weighted by atomic mass is 9.95. The normalized spacial score (nSPS) is 23.6. The highest BCUT2D eigenvalue weighted by Gasteiger charge is 2.52. The number of carbonyl (C=O) groups is 3. The molecule has 0 amide bonds. The number of H-pyrrole nitrogens is 1. The number of carbonyl (C=O) groups excluding carboxylic acids is 3. The first-order valence-corrected chi connectivity index (χ1v) is 11.4. The van der Waals surface area contributed by atoms with E-state index in [-0.39, 0.29) is 6.61 Å². The van der Waals surface area contributed by atoms with Crippen molar-refractivity contribution in [2.75, 3.05) is 13.2 Å². The number of benzene rings is 1. The molecule has 1 fully saturated rings. The molecule has 3 rings (SSSR count). The molecule has 13 nitrogen and oxygen atoms in total. The van der Waals surface area contributed by atoms with Gasteiger partial charge in [0.2, 0.25) is 0 Å². The molecule has 0 spiro atoms. The van der Waals surface area contributed by atoms with Gasteiger partial charge in [0.25, 0.3) is 0 Å². The Labute approximate surface area is 206 Å². The van der Waals surface area contributed by atoms with E-state index in [1.165, 1.54) is 14.0 Å². The second-order valence-corrected chi connectivity index (χ2v) is 8.35. The fourth-order valence-electron chi connectivity index (χ4n) is 4.05. The first kappa shape index (κ1) is 26.9. The number of hydrogen-bond acceptors (Lipinski definition) is 10. The largest absolute Gasteiger partial charge is 0.463 e. The number of aromatic nitrogens is 3. The maximum atomic E-state index is 12.9. The van der Waals surface area contributed by atoms with Crippen LogP contribution < -0.4 is 16.7 Å². The summed E-state index contributed by atoms with van der Waals surface area (Å²) in [5, 5.41) is 5.62. The molecule has 196 valence electrons. The van der Waals surface area contributed by atoms with Crippen molar-refractivity contribution in [2.45, 2.75) is 57.8 Å². The van der Waals surface area contributed by atoms with Crippen LogP contribution in [0.5, 0.6) is 0 Å². The van der Waals surface area contributed by atoms with Gasteiger partial charge in [-0.05, 0) is 12.0 Å². The van der Waals surface area contributed by atoms with Crippen LogP contribution in [0.25, 0.3) is 0 Å². The number of aromatic amines is 1. The third-order valence-corrected chi connectivity index (χ3v) is 5.63. The summed E-state index contributed by atoms with van der Waals surface area (Å²) in [6, 6.07) is 8.46. The molecular formula is C23H30N4O9. The highest BCUT2D eigenvalue weighted by molar-refractivity contribution is 5.67. The molecule has 0 unspecified atom stereocenters. The van der Waals surface area contributed by atoms with Gasteiger partial charge < -0.3 is 18.9 Å². The predicted molar refractivity (Wildman–Crippen MR) is 124 cm³/mol. The molecular weight excluding hydrogens is 476 g/mol. The van der Waals surface area contributed by atoms with E-state index in [9.17, 15) is 24.0 Å². The molecule has 0 aliphatic carbocycles. The monoisotopic (exact) mass is 506 g/mol. The van der Waals surface area contributed by atoms with Gasteiger partial charge in [0.15, 0.2) is 12.2 Å². The summed E-state index contributed by atoms with van der Waals surface area (Å²) in [5.41, 5.74) is -0.385. The first-order valence-electron chi connectivity index (χ1n) is 11.4. The molecule has 13 heteroatoms. The van der Waals surface area contributed by atoms with E-state index in [0.29, 0.717) is 13.0 Å². The minimum Gasteiger partial charge on any atom is -0.463 e. The number of esters is 3. The quantitative estimate of drug-likeness (QED) is 0.332. The zero-order valence-corrected chi connectivity index (χ0v) is 20.5. The second-order valence-electron chi connectivity index (χ2n) is 8.35. The zero-order chi connectivity index (χ0) is 26.4. The number of nitrogens with zero attached hydrogens (tertiary/aromatic N) is 2. The highest BCUT2D eigenvalue weighted by atomic mass is 16.6. The average Bonchev–Trinajstić information content (AvgIpc) is 3.06. The standard InChI is InChI=1S/C23H30N4O9/c1-13(28)33-12-17-19(34-14(2)29)20(35-15(3)30)18(27-23(32)26(4)22(31)25-27)21(36-17)24-11-10-16-8-6-5-7-9-16/h5-9,17-21,24H,10-12H2,1-4H3,(H,25,31)/t17-,18+,19-,20-,21+/m1/s1. The molecule has 0 bridgehead atoms. The van der Waals surface area contributed by atoms with Gasteiger partial charge in [-0.1, -0.05) is 30.3 Å². The molecule has 36 heavy (non-hydrogen) atoms. The Morgan fingerprint density at radius 2 is 1.64 bits per heavy atom. The Kier molecular flexibility index (Phi) is 8.83. The summed E-state index contributed by atoms with van der Waals surface area (Å²) >= 11 is 0. The van der Waals surface area contributed by atoms with E-state index < -0.39 is 59.9 Å². The van der Waals surface area contributed by atoms with Gasteiger partial charge in [0.1, 0.15) is 25.0 Å². The molecule has 0 saturated carbocycles. The van der Waals surface area contributed by atoms with Gasteiger partial charge in [0.05, 0.1) is 0 Å². The van der Waals surface area contributed by atoms with E-state index in [1.807, 2.05) is 30.3 Å². The lowest BCUT2D eigenvalue weighted by Gasteiger charge is -2.45. The van der Waals surface area contributed by atoms with Crippen LogP contribution in [0.1, 0.15) is 32.4 Å². The van der Waals surface area contributed by atoms with Crippen LogP contribution in [0.3, 0.4) is 0 Å². The van der Waals surface area contributed by atoms with Crippen molar-refractivity contribution in [3.05, 3.63) is 56.9 Å². The molecule has 1 aliphatic heterocycles. The summed E-state index contributed by atoms with van der Waals surface area (Å²) in [6.07, 6.45) is -3.99. The minimum atomic E-state index is -1.27. The summed E-state index contributed by atoms with van der Waals surface area (Å²) in [5.74, 6) is -2.02. The van der Waals surface area contributed by atoms with Crippen LogP contribution in [-0.4, -0.2) is 69.9 Å². The van der Waals surface area contributed by atoms with E-state index in [4.69, 9.17) is 18.9 Å². The molecule has 2 N–H and O–H groups in total. The van der Waals surface area contributed by atoms with Gasteiger partial charge in [-0.25, -0.2) is 23.9 Å². The van der Waals surface area contributed by atoms with Crippen LogP contribution in [0.4, 0.5) is 0 Å². The lowest BCUT2D eigenvalue weighted by molar-refractivity contribution is -0.236. The van der Waals surface area contributed by atoms with Gasteiger partial charge in [0, 0.05) is 34.4 Å². The second kappa shape index (κ2) is 11.8. The summed E-state index contributed by atoms with van der Waals surface area (Å²) < 4.78 is 24.0. The number of hydrogen-bond donors (Lipinski definition) is 2. The van der Waals surface area contributed by atoms with Crippen molar-refractivity contribution in [2.24, 2.45) is 7.05 Å². The third kappa shape index (κ3) is 6.49. The molecule has 5 atom stereocenters. The van der Waals surface area contributed by atoms with Gasteiger partial charge in [-0.3, -0.25) is 19.7 Å². The smallest absolute Gasteiger partial charge is 0.347 e. The molecule has 1 aliphatic rings. The van der Waals surface area contributed by atoms with Gasteiger partial charge in [-0.2, -0.15) is 0 Å². The topological polar surface area (TPSA) is 160 Å². The lowest BCUT2D eigenvalue weighted by Crippen LogP contribution is -2.63. The van der Waals surface area contributed by atoms with Gasteiger partial charge in [-0.15, -0.1) is 0 Å². The Bertz CT molecular complexity index is 1190. The summed E-state index contributed by atoms with van der Waals surface area (Å²) in [7, 11) is 1.28. The average molecular weight is 507 g/mol. The summed E-state index contributed by atoms with van der Waals surface area (Å²) in [6.45, 7) is 3.59. The van der Waals surface area contributed by atoms with Crippen molar-refractivity contribution in [1.82, 2.24) is 19.7 Å². The molecule has 1 aromatic heterocycles. The number of nitrogens with one attached hydrogen (secondary N) is 2. The van der Waals surface area contributed by atoms with Crippen molar-refractivity contribution in [1.29, 1.82) is 0 Å². The van der Waals surface area contributed by atoms with Crippen LogP contribution in [0.2, 0.25) is 0 Å². The summed E-state index contributed by atoms with van der Waals surface area (Å²) in [4.78, 5) is 60.6. The SMILES string of the molecule is CC(=O)OC[C@H]1O[C@H](NCCc2ccccc2)[C@@H](n2[nH]c(=O)n(C)c2=O)[C@@H](OC(C)=O)[C@@H]1OC(C)=O. The van der Waals surface area contributed by atoms with Crippen molar-refractivity contribution in [3.63, 3.8) is 0 Å². The molecule has 1 saturated heterocycles. The van der Waals surface area contributed by atoms with E-state index >= 15 is 0 Å². The van der Waals surface area contributed by atoms with Gasteiger partial charge >= 0.3 is 29.3 Å². The minimum absolute atomic E-state index is 0.311. The first-order chi connectivity index (χ1) is 17.1. The Balaban J connectivity index is 2.02. The van der Waals surface area contributed by atoms with E-state index in [1.54, 1.807) is 0 Å². The Morgan fingerprint density at radius 3 is 2.19 bits per heavy atom. The van der Waals surface area contributed by atoms with E-state index in [2.05, 4.69) is 10.4 Å². The van der Waals surface area contributed by atoms with Crippen LogP contribution in [0, 0.1) is 0 Å². The van der Waals surface area contributed by atoms with E-state index in [0.717, 1.165) is 28.7 Å². The van der Waals surface area contributed by atoms with Crippen LogP contribution in [0.15, 0.2) is 39.9 Å². The molecule has 2 heterocycles. The van der Waals surface area contributed by atoms with Crippen LogP contribution in [-0.2, 0) is 46.8 Å². The predicted octanol–water partition coefficient (Wildman–Crippen LogP) is -0.600. The Hall–Kier alpha value is -3.71. The molecule has 1 aromatic carbocycles. The van der Waals surface area contributed by atoms with Crippen molar-refractivity contribution >= 4 is 17.9 Å². The maximum absolute atomic E-state index is 12.9. The molecule has 2 aromatic rings. The maximum Gasteiger partial charge on any atom is 0.347 e. The third-order valence-electron chi connectivity index (χ3n) is 5.63. The van der Waals surface area contributed by atoms with Crippen molar-refractivity contribution in [3.8, 4) is 0 Å².